The molecule has 2 aromatic heterocycles. The first-order valence-corrected chi connectivity index (χ1v) is 9.41. The van der Waals surface area contributed by atoms with E-state index in [1.807, 2.05) is 36.4 Å². The number of hydrogen-bond acceptors (Lipinski definition) is 7. The van der Waals surface area contributed by atoms with Crippen LogP contribution in [0.5, 0.6) is 0 Å². The predicted octanol–water partition coefficient (Wildman–Crippen LogP) is 3.52. The lowest BCUT2D eigenvalue weighted by atomic mass is 10.1. The van der Waals surface area contributed by atoms with E-state index in [2.05, 4.69) is 20.4 Å². The molecule has 1 saturated heterocycles. The van der Waals surface area contributed by atoms with Gasteiger partial charge in [-0.15, -0.1) is 5.10 Å². The Bertz CT molecular complexity index is 825. The number of anilines is 1. The molecule has 1 N–H and O–H groups in total. The maximum absolute atomic E-state index is 5.80. The van der Waals surface area contributed by atoms with Gasteiger partial charge >= 0.3 is 6.01 Å². The molecule has 0 aliphatic carbocycles. The molecule has 0 spiro atoms. The highest BCUT2D eigenvalue weighted by molar-refractivity contribution is 5.77. The van der Waals surface area contributed by atoms with E-state index >= 15 is 0 Å². The molecule has 3 aromatic rings. The van der Waals surface area contributed by atoms with Crippen LogP contribution in [0.4, 0.5) is 6.01 Å². The number of rotatable bonds is 8. The molecule has 0 radical (unpaired) electrons. The molecule has 3 heterocycles. The molecular formula is C20H24N4O3. The zero-order valence-corrected chi connectivity index (χ0v) is 15.3. The average Bonchev–Trinajstić information content (AvgIpc) is 3.41. The minimum atomic E-state index is 0.450. The number of nitrogens with zero attached hydrogens (tertiary/aromatic N) is 3. The third-order valence-electron chi connectivity index (χ3n) is 4.65. The van der Waals surface area contributed by atoms with Crippen LogP contribution in [-0.4, -0.2) is 54.5 Å². The first-order valence-electron chi connectivity index (χ1n) is 9.41. The Hall–Kier alpha value is -2.64. The molecule has 4 rings (SSSR count). The second kappa shape index (κ2) is 8.83. The molecule has 1 aliphatic rings. The van der Waals surface area contributed by atoms with Gasteiger partial charge in [-0.2, -0.15) is 0 Å². The Balaban J connectivity index is 1.30. The van der Waals surface area contributed by atoms with Gasteiger partial charge in [0.05, 0.1) is 19.5 Å². The molecule has 27 heavy (non-hydrogen) atoms. The summed E-state index contributed by atoms with van der Waals surface area (Å²) < 4.78 is 16.7. The fourth-order valence-electron chi connectivity index (χ4n) is 3.20. The van der Waals surface area contributed by atoms with Crippen LogP contribution in [0.1, 0.15) is 12.8 Å². The van der Waals surface area contributed by atoms with Gasteiger partial charge in [0, 0.05) is 30.8 Å². The van der Waals surface area contributed by atoms with Crippen molar-refractivity contribution in [3.8, 4) is 22.8 Å². The summed E-state index contributed by atoms with van der Waals surface area (Å²) in [6.07, 6.45) is 3.84. The van der Waals surface area contributed by atoms with E-state index in [-0.39, 0.29) is 0 Å². The number of furan rings is 1. The topological polar surface area (TPSA) is 76.6 Å². The van der Waals surface area contributed by atoms with E-state index in [1.54, 1.807) is 6.26 Å². The summed E-state index contributed by atoms with van der Waals surface area (Å²) in [4.78, 5) is 2.44. The lowest BCUT2D eigenvalue weighted by Gasteiger charge is -2.26. The van der Waals surface area contributed by atoms with Crippen molar-refractivity contribution in [3.05, 3.63) is 42.7 Å². The number of morpholine rings is 1. The number of aromatic nitrogens is 2. The minimum absolute atomic E-state index is 0.450. The molecule has 1 fully saturated rings. The van der Waals surface area contributed by atoms with Gasteiger partial charge in [0.2, 0.25) is 5.89 Å². The molecule has 0 saturated carbocycles. The number of unbranched alkanes of at least 4 members (excludes halogenated alkanes) is 1. The van der Waals surface area contributed by atoms with Crippen LogP contribution in [0.25, 0.3) is 22.8 Å². The standard InChI is InChI=1S/C20H24N4O3/c1-2-7-17(16(6-1)18-8-5-13-26-18)19-22-23-20(27-19)21-9-3-4-10-24-11-14-25-15-12-24/h1-2,5-8,13H,3-4,9-12,14-15H2,(H,21,23). The number of hydrogen-bond donors (Lipinski definition) is 1. The second-order valence-corrected chi connectivity index (χ2v) is 6.52. The summed E-state index contributed by atoms with van der Waals surface area (Å²) in [6.45, 7) is 5.69. The first kappa shape index (κ1) is 17.8. The molecule has 0 atom stereocenters. The van der Waals surface area contributed by atoms with Crippen LogP contribution in [0.15, 0.2) is 51.5 Å². The Morgan fingerprint density at radius 2 is 1.81 bits per heavy atom. The van der Waals surface area contributed by atoms with Crippen molar-refractivity contribution >= 4 is 6.01 Å². The fraction of sp³-hybridized carbons (Fsp3) is 0.400. The molecule has 1 aromatic carbocycles. The van der Waals surface area contributed by atoms with Crippen molar-refractivity contribution in [1.29, 1.82) is 0 Å². The quantitative estimate of drug-likeness (QED) is 0.610. The van der Waals surface area contributed by atoms with Crippen LogP contribution in [0.3, 0.4) is 0 Å². The molecule has 7 nitrogen and oxygen atoms in total. The zero-order chi connectivity index (χ0) is 18.3. The first-order chi connectivity index (χ1) is 13.4. The van der Waals surface area contributed by atoms with Crippen molar-refractivity contribution in [2.45, 2.75) is 12.8 Å². The maximum Gasteiger partial charge on any atom is 0.315 e. The molecule has 0 unspecified atom stereocenters. The van der Waals surface area contributed by atoms with Gasteiger partial charge in [0.1, 0.15) is 5.76 Å². The van der Waals surface area contributed by atoms with E-state index in [9.17, 15) is 0 Å². The summed E-state index contributed by atoms with van der Waals surface area (Å²) in [5.74, 6) is 1.26. The SMILES string of the molecule is c1coc(-c2ccccc2-c2nnc(NCCCCN3CCOCC3)o2)c1. The Labute approximate surface area is 158 Å². The molecular weight excluding hydrogens is 344 g/mol. The Morgan fingerprint density at radius 3 is 2.63 bits per heavy atom. The van der Waals surface area contributed by atoms with Gasteiger partial charge in [0.25, 0.3) is 0 Å². The zero-order valence-electron chi connectivity index (χ0n) is 15.3. The van der Waals surface area contributed by atoms with E-state index in [4.69, 9.17) is 13.6 Å². The summed E-state index contributed by atoms with van der Waals surface area (Å²) in [5, 5.41) is 11.5. The third kappa shape index (κ3) is 4.56. The largest absolute Gasteiger partial charge is 0.464 e. The van der Waals surface area contributed by atoms with Crippen LogP contribution in [-0.2, 0) is 4.74 Å². The number of nitrogens with one attached hydrogen (secondary N) is 1. The fourth-order valence-corrected chi connectivity index (χ4v) is 3.20. The van der Waals surface area contributed by atoms with Gasteiger partial charge in [-0.05, 0) is 37.6 Å². The van der Waals surface area contributed by atoms with Crippen molar-refractivity contribution in [2.24, 2.45) is 0 Å². The lowest BCUT2D eigenvalue weighted by Crippen LogP contribution is -2.36. The van der Waals surface area contributed by atoms with Crippen molar-refractivity contribution in [1.82, 2.24) is 15.1 Å². The number of benzene rings is 1. The Kier molecular flexibility index (Phi) is 5.81. The number of ether oxygens (including phenoxy) is 1. The van der Waals surface area contributed by atoms with Crippen LogP contribution in [0.2, 0.25) is 0 Å². The van der Waals surface area contributed by atoms with E-state index in [0.717, 1.165) is 69.1 Å². The normalized spacial score (nSPS) is 15.1. The molecule has 0 bridgehead atoms. The Morgan fingerprint density at radius 1 is 0.963 bits per heavy atom. The van der Waals surface area contributed by atoms with Gasteiger partial charge in [-0.3, -0.25) is 4.90 Å². The maximum atomic E-state index is 5.80. The highest BCUT2D eigenvalue weighted by atomic mass is 16.5. The highest BCUT2D eigenvalue weighted by Crippen LogP contribution is 2.31. The minimum Gasteiger partial charge on any atom is -0.464 e. The van der Waals surface area contributed by atoms with Crippen LogP contribution >= 0.6 is 0 Å². The second-order valence-electron chi connectivity index (χ2n) is 6.52. The molecule has 142 valence electrons. The van der Waals surface area contributed by atoms with Gasteiger partial charge in [-0.25, -0.2) is 0 Å². The summed E-state index contributed by atoms with van der Waals surface area (Å²) >= 11 is 0. The summed E-state index contributed by atoms with van der Waals surface area (Å²) in [7, 11) is 0. The predicted molar refractivity (Wildman–Crippen MR) is 102 cm³/mol. The molecule has 7 heteroatoms. The average molecular weight is 368 g/mol. The van der Waals surface area contributed by atoms with E-state index in [1.165, 1.54) is 0 Å². The lowest BCUT2D eigenvalue weighted by molar-refractivity contribution is 0.0373. The van der Waals surface area contributed by atoms with Crippen molar-refractivity contribution < 1.29 is 13.6 Å². The van der Waals surface area contributed by atoms with E-state index in [0.29, 0.717) is 11.9 Å². The van der Waals surface area contributed by atoms with E-state index < -0.39 is 0 Å². The van der Waals surface area contributed by atoms with Gasteiger partial charge in [0.15, 0.2) is 0 Å². The van der Waals surface area contributed by atoms with Crippen LogP contribution in [0, 0.1) is 0 Å². The monoisotopic (exact) mass is 368 g/mol. The smallest absolute Gasteiger partial charge is 0.315 e. The molecule has 1 aliphatic heterocycles. The molecule has 0 amide bonds. The van der Waals surface area contributed by atoms with Gasteiger partial charge in [-0.1, -0.05) is 23.3 Å². The van der Waals surface area contributed by atoms with Gasteiger partial charge < -0.3 is 18.9 Å². The van der Waals surface area contributed by atoms with Crippen molar-refractivity contribution in [3.63, 3.8) is 0 Å². The summed E-state index contributed by atoms with van der Waals surface area (Å²) in [6, 6.07) is 12.1. The van der Waals surface area contributed by atoms with Crippen LogP contribution < -0.4 is 5.32 Å². The third-order valence-corrected chi connectivity index (χ3v) is 4.65. The highest BCUT2D eigenvalue weighted by Gasteiger charge is 2.15. The van der Waals surface area contributed by atoms with Crippen molar-refractivity contribution in [2.75, 3.05) is 44.7 Å². The summed E-state index contributed by atoms with van der Waals surface area (Å²) in [5.41, 5.74) is 1.79.